The summed E-state index contributed by atoms with van der Waals surface area (Å²) in [7, 11) is 0. The number of fused-ring (bicyclic) bond motifs is 1. The van der Waals surface area contributed by atoms with Crippen molar-refractivity contribution in [3.8, 4) is 0 Å². The van der Waals surface area contributed by atoms with Crippen molar-refractivity contribution in [2.75, 3.05) is 0 Å². The van der Waals surface area contributed by atoms with E-state index in [-0.39, 0.29) is 0 Å². The summed E-state index contributed by atoms with van der Waals surface area (Å²) in [6.07, 6.45) is 4.69. The minimum atomic E-state index is 0.386. The van der Waals surface area contributed by atoms with Crippen molar-refractivity contribution >= 4 is 21.6 Å². The Hall–Kier alpha value is -0.930. The highest BCUT2D eigenvalue weighted by molar-refractivity contribution is 7.17. The van der Waals surface area contributed by atoms with Gasteiger partial charge in [0.1, 0.15) is 0 Å². The zero-order valence-electron chi connectivity index (χ0n) is 11.9. The molecule has 2 aromatic rings. The van der Waals surface area contributed by atoms with E-state index in [4.69, 9.17) is 0 Å². The first-order valence-electron chi connectivity index (χ1n) is 7.24. The number of aromatic nitrogens is 1. The molecule has 0 amide bonds. The van der Waals surface area contributed by atoms with Crippen LogP contribution < -0.4 is 5.32 Å². The van der Waals surface area contributed by atoms with Crippen LogP contribution in [0.1, 0.15) is 45.2 Å². The Balaban J connectivity index is 1.74. The molecule has 0 aromatic carbocycles. The molecule has 1 aliphatic rings. The maximum absolute atomic E-state index is 4.54. The van der Waals surface area contributed by atoms with E-state index in [0.717, 1.165) is 17.4 Å². The molecule has 0 spiro atoms. The van der Waals surface area contributed by atoms with E-state index in [2.05, 4.69) is 48.6 Å². The molecule has 0 aliphatic heterocycles. The maximum Gasteiger partial charge on any atom is 0.0809 e. The van der Waals surface area contributed by atoms with Crippen LogP contribution in [-0.4, -0.2) is 11.0 Å². The average Bonchev–Trinajstić information content (AvgIpc) is 2.99. The lowest BCUT2D eigenvalue weighted by Crippen LogP contribution is -2.34. The molecule has 2 nitrogen and oxygen atoms in total. The molecule has 2 heterocycles. The lowest BCUT2D eigenvalue weighted by atomic mass is 9.97. The summed E-state index contributed by atoms with van der Waals surface area (Å²) in [6, 6.07) is 5.41. The fraction of sp³-hybridized carbons (Fsp3) is 0.562. The van der Waals surface area contributed by atoms with Crippen molar-refractivity contribution in [3.05, 3.63) is 29.3 Å². The van der Waals surface area contributed by atoms with Crippen molar-refractivity contribution in [3.63, 3.8) is 0 Å². The zero-order valence-corrected chi connectivity index (χ0v) is 12.7. The molecule has 4 unspecified atom stereocenters. The van der Waals surface area contributed by atoms with Crippen molar-refractivity contribution in [2.45, 2.75) is 45.7 Å². The summed E-state index contributed by atoms with van der Waals surface area (Å²) < 4.78 is 1.29. The minimum absolute atomic E-state index is 0.386. The average molecular weight is 274 g/mol. The Morgan fingerprint density at radius 2 is 2.21 bits per heavy atom. The van der Waals surface area contributed by atoms with E-state index in [1.165, 1.54) is 23.1 Å². The molecule has 1 N–H and O–H groups in total. The van der Waals surface area contributed by atoms with Crippen molar-refractivity contribution in [1.29, 1.82) is 0 Å². The number of thiophene rings is 1. The van der Waals surface area contributed by atoms with Gasteiger partial charge in [0, 0.05) is 18.3 Å². The normalized spacial score (nSPS) is 28.9. The largest absolute Gasteiger partial charge is 0.307 e. The summed E-state index contributed by atoms with van der Waals surface area (Å²) in [6.45, 7) is 7.01. The standard InChI is InChI=1S/C16H22N2S/c1-10-4-5-14(11(10)2)18-12(3)13-8-16-15(17-9-13)6-7-19-16/h6-12,14,18H,4-5H2,1-3H3. The van der Waals surface area contributed by atoms with Crippen molar-refractivity contribution in [1.82, 2.24) is 10.3 Å². The van der Waals surface area contributed by atoms with Crippen LogP contribution in [0.25, 0.3) is 10.2 Å². The Kier molecular flexibility index (Phi) is 3.59. The van der Waals surface area contributed by atoms with Crippen LogP contribution in [0.4, 0.5) is 0 Å². The van der Waals surface area contributed by atoms with Crippen LogP contribution in [0.5, 0.6) is 0 Å². The monoisotopic (exact) mass is 274 g/mol. The smallest absolute Gasteiger partial charge is 0.0809 e. The molecular weight excluding hydrogens is 252 g/mol. The van der Waals surface area contributed by atoms with Crippen LogP contribution >= 0.6 is 11.3 Å². The van der Waals surface area contributed by atoms with Crippen molar-refractivity contribution < 1.29 is 0 Å². The van der Waals surface area contributed by atoms with Gasteiger partial charge in [-0.25, -0.2) is 0 Å². The molecule has 1 saturated carbocycles. The lowest BCUT2D eigenvalue weighted by molar-refractivity contribution is 0.347. The first-order chi connectivity index (χ1) is 9.15. The van der Waals surface area contributed by atoms with Gasteiger partial charge in [0.2, 0.25) is 0 Å². The number of nitrogens with zero attached hydrogens (tertiary/aromatic N) is 1. The summed E-state index contributed by atoms with van der Waals surface area (Å²) in [5.74, 6) is 1.63. The van der Waals surface area contributed by atoms with Crippen molar-refractivity contribution in [2.24, 2.45) is 11.8 Å². The SMILES string of the molecule is CC(NC1CCC(C)C1C)c1cnc2ccsc2c1. The topological polar surface area (TPSA) is 24.9 Å². The fourth-order valence-electron chi connectivity index (χ4n) is 3.12. The molecule has 0 radical (unpaired) electrons. The van der Waals surface area contributed by atoms with E-state index in [1.54, 1.807) is 11.3 Å². The van der Waals surface area contributed by atoms with Gasteiger partial charge in [0.15, 0.2) is 0 Å². The first-order valence-corrected chi connectivity index (χ1v) is 8.12. The summed E-state index contributed by atoms with van der Waals surface area (Å²) in [4.78, 5) is 4.54. The molecule has 3 rings (SSSR count). The van der Waals surface area contributed by atoms with E-state index in [1.807, 2.05) is 6.20 Å². The van der Waals surface area contributed by atoms with Gasteiger partial charge in [-0.05, 0) is 54.7 Å². The Labute approximate surface area is 119 Å². The highest BCUT2D eigenvalue weighted by Crippen LogP contribution is 2.33. The predicted molar refractivity (Wildman–Crippen MR) is 82.5 cm³/mol. The molecule has 1 fully saturated rings. The highest BCUT2D eigenvalue weighted by atomic mass is 32.1. The molecule has 19 heavy (non-hydrogen) atoms. The molecule has 0 saturated heterocycles. The van der Waals surface area contributed by atoms with Crippen LogP contribution in [0, 0.1) is 11.8 Å². The van der Waals surface area contributed by atoms with Gasteiger partial charge in [0.05, 0.1) is 10.2 Å². The van der Waals surface area contributed by atoms with Gasteiger partial charge >= 0.3 is 0 Å². The van der Waals surface area contributed by atoms with Gasteiger partial charge in [0.25, 0.3) is 0 Å². The van der Waals surface area contributed by atoms with Crippen LogP contribution in [-0.2, 0) is 0 Å². The number of hydrogen-bond acceptors (Lipinski definition) is 3. The van der Waals surface area contributed by atoms with Gasteiger partial charge in [-0.15, -0.1) is 11.3 Å². The number of rotatable bonds is 3. The Morgan fingerprint density at radius 3 is 2.95 bits per heavy atom. The second kappa shape index (κ2) is 5.22. The third kappa shape index (κ3) is 2.54. The Bertz CT molecular complexity index is 563. The van der Waals surface area contributed by atoms with Gasteiger partial charge in [-0.2, -0.15) is 0 Å². The van der Waals surface area contributed by atoms with Crippen LogP contribution in [0.2, 0.25) is 0 Å². The van der Waals surface area contributed by atoms with Gasteiger partial charge in [-0.3, -0.25) is 4.98 Å². The van der Waals surface area contributed by atoms with E-state index in [9.17, 15) is 0 Å². The quantitative estimate of drug-likeness (QED) is 0.898. The van der Waals surface area contributed by atoms with Crippen LogP contribution in [0.3, 0.4) is 0 Å². The zero-order chi connectivity index (χ0) is 13.4. The molecule has 1 aliphatic carbocycles. The van der Waals surface area contributed by atoms with Gasteiger partial charge < -0.3 is 5.32 Å². The van der Waals surface area contributed by atoms with E-state index in [0.29, 0.717) is 12.1 Å². The predicted octanol–water partition coefficient (Wildman–Crippen LogP) is 4.38. The molecule has 4 atom stereocenters. The second-order valence-corrected chi connectivity index (χ2v) is 6.93. The number of nitrogens with one attached hydrogen (secondary N) is 1. The minimum Gasteiger partial charge on any atom is -0.307 e. The summed E-state index contributed by atoms with van der Waals surface area (Å²) in [5, 5.41) is 5.91. The molecule has 3 heteroatoms. The van der Waals surface area contributed by atoms with Crippen LogP contribution in [0.15, 0.2) is 23.7 Å². The second-order valence-electron chi connectivity index (χ2n) is 5.98. The lowest BCUT2D eigenvalue weighted by Gasteiger charge is -2.24. The Morgan fingerprint density at radius 1 is 1.37 bits per heavy atom. The maximum atomic E-state index is 4.54. The number of hydrogen-bond donors (Lipinski definition) is 1. The molecule has 2 aromatic heterocycles. The molecule has 102 valence electrons. The fourth-order valence-corrected chi connectivity index (χ4v) is 3.90. The summed E-state index contributed by atoms with van der Waals surface area (Å²) >= 11 is 1.77. The molecule has 0 bridgehead atoms. The molecular formula is C16H22N2S. The third-order valence-electron chi connectivity index (χ3n) is 4.75. The van der Waals surface area contributed by atoms with E-state index >= 15 is 0 Å². The third-order valence-corrected chi connectivity index (χ3v) is 5.61. The van der Waals surface area contributed by atoms with E-state index < -0.39 is 0 Å². The highest BCUT2D eigenvalue weighted by Gasteiger charge is 2.30. The summed E-state index contributed by atoms with van der Waals surface area (Å²) in [5.41, 5.74) is 2.42. The van der Waals surface area contributed by atoms with Gasteiger partial charge in [-0.1, -0.05) is 13.8 Å². The number of pyridine rings is 1. The first kappa shape index (κ1) is 13.1.